The monoisotopic (exact) mass is 480 g/mol. The minimum Gasteiger partial charge on any atom is -0.504 e. The number of nitrogens with zero attached hydrogens (tertiary/aromatic N) is 2. The van der Waals surface area contributed by atoms with E-state index in [9.17, 15) is 25.2 Å². The number of carbonyl (C=O) groups is 1. The van der Waals surface area contributed by atoms with Gasteiger partial charge in [-0.1, -0.05) is 24.3 Å². The largest absolute Gasteiger partial charge is 0.504 e. The molecule has 0 aliphatic carbocycles. The number of aromatic nitrogens is 2. The topological polar surface area (TPSA) is 124 Å². The number of ketones is 1. The summed E-state index contributed by atoms with van der Waals surface area (Å²) >= 11 is 0. The van der Waals surface area contributed by atoms with Crippen LogP contribution in [0.2, 0.25) is 0 Å². The molecule has 0 saturated carbocycles. The summed E-state index contributed by atoms with van der Waals surface area (Å²) in [6.07, 6.45) is 2.96. The molecule has 156 valence electrons. The van der Waals surface area contributed by atoms with Gasteiger partial charge in [-0.15, -0.1) is 17.0 Å². The van der Waals surface area contributed by atoms with Gasteiger partial charge in [0.1, 0.15) is 11.4 Å². The molecule has 4 aromatic rings. The van der Waals surface area contributed by atoms with E-state index < -0.39 is 5.78 Å². The fourth-order valence-electron chi connectivity index (χ4n) is 3.13. The van der Waals surface area contributed by atoms with Crippen molar-refractivity contribution < 1.29 is 25.2 Å². The summed E-state index contributed by atoms with van der Waals surface area (Å²) in [5.74, 6) is -1.62. The average Bonchev–Trinajstić information content (AvgIpc) is 2.77. The van der Waals surface area contributed by atoms with Crippen LogP contribution in [0, 0.1) is 0 Å². The average molecular weight is 481 g/mol. The number of rotatable bonds is 4. The van der Waals surface area contributed by atoms with Crippen molar-refractivity contribution in [1.29, 1.82) is 0 Å². The molecular weight excluding hydrogens is 464 g/mol. The number of hydrogen-bond donors (Lipinski definition) is 4. The SMILES string of the molecule is Br.O=C(c1ncccc1-c1ccc(O)c(O)c1)c1ncccc1-c1ccc(O)c(O)c1. The molecule has 2 heterocycles. The van der Waals surface area contributed by atoms with Crippen molar-refractivity contribution in [3.8, 4) is 45.3 Å². The Balaban J connectivity index is 0.00000272. The smallest absolute Gasteiger partial charge is 0.230 e. The second-order valence-electron chi connectivity index (χ2n) is 6.54. The van der Waals surface area contributed by atoms with E-state index in [1.807, 2.05) is 0 Å². The number of hydrogen-bond acceptors (Lipinski definition) is 7. The van der Waals surface area contributed by atoms with Gasteiger partial charge in [0.25, 0.3) is 0 Å². The van der Waals surface area contributed by atoms with E-state index in [0.29, 0.717) is 22.3 Å². The van der Waals surface area contributed by atoms with Gasteiger partial charge in [0.05, 0.1) is 0 Å². The molecule has 8 heteroatoms. The van der Waals surface area contributed by atoms with Gasteiger partial charge in [-0.05, 0) is 47.5 Å². The maximum Gasteiger partial charge on any atom is 0.230 e. The van der Waals surface area contributed by atoms with Crippen LogP contribution in [0.1, 0.15) is 16.2 Å². The van der Waals surface area contributed by atoms with Gasteiger partial charge in [0, 0.05) is 23.5 Å². The summed E-state index contributed by atoms with van der Waals surface area (Å²) in [5, 5.41) is 38.8. The molecule has 0 saturated heterocycles. The third kappa shape index (κ3) is 4.19. The first-order valence-electron chi connectivity index (χ1n) is 8.95. The van der Waals surface area contributed by atoms with Crippen molar-refractivity contribution in [2.75, 3.05) is 0 Å². The van der Waals surface area contributed by atoms with Crippen LogP contribution in [0.15, 0.2) is 73.1 Å². The number of halogens is 1. The van der Waals surface area contributed by atoms with Crippen LogP contribution in [0.5, 0.6) is 23.0 Å². The summed E-state index contributed by atoms with van der Waals surface area (Å²) in [5.41, 5.74) is 2.16. The number of carbonyl (C=O) groups excluding carboxylic acids is 1. The Hall–Kier alpha value is -3.91. The predicted molar refractivity (Wildman–Crippen MR) is 120 cm³/mol. The third-order valence-corrected chi connectivity index (χ3v) is 4.62. The molecule has 0 unspecified atom stereocenters. The normalized spacial score (nSPS) is 10.3. The molecule has 4 N–H and O–H groups in total. The predicted octanol–water partition coefficient (Wildman–Crippen LogP) is 4.44. The molecule has 0 bridgehead atoms. The van der Waals surface area contributed by atoms with Gasteiger partial charge in [-0.25, -0.2) is 0 Å². The van der Waals surface area contributed by atoms with Gasteiger partial charge in [-0.2, -0.15) is 0 Å². The van der Waals surface area contributed by atoms with E-state index >= 15 is 0 Å². The Morgan fingerprint density at radius 2 is 1.03 bits per heavy atom. The maximum absolute atomic E-state index is 13.4. The maximum atomic E-state index is 13.4. The summed E-state index contributed by atoms with van der Waals surface area (Å²) < 4.78 is 0. The van der Waals surface area contributed by atoms with E-state index in [1.165, 1.54) is 36.7 Å². The summed E-state index contributed by atoms with van der Waals surface area (Å²) in [4.78, 5) is 21.8. The Morgan fingerprint density at radius 1 is 0.613 bits per heavy atom. The van der Waals surface area contributed by atoms with E-state index in [4.69, 9.17) is 0 Å². The summed E-state index contributed by atoms with van der Waals surface area (Å²) in [6.45, 7) is 0. The number of phenolic OH excluding ortho intramolecular Hbond substituents is 4. The Bertz CT molecular complexity index is 1180. The highest BCUT2D eigenvalue weighted by molar-refractivity contribution is 8.93. The van der Waals surface area contributed by atoms with Crippen LogP contribution < -0.4 is 0 Å². The highest BCUT2D eigenvalue weighted by Crippen LogP contribution is 2.35. The van der Waals surface area contributed by atoms with Crippen molar-refractivity contribution in [1.82, 2.24) is 9.97 Å². The van der Waals surface area contributed by atoms with E-state index in [2.05, 4.69) is 9.97 Å². The highest BCUT2D eigenvalue weighted by atomic mass is 79.9. The molecule has 4 rings (SSSR count). The van der Waals surface area contributed by atoms with Gasteiger partial charge < -0.3 is 20.4 Å². The second-order valence-corrected chi connectivity index (χ2v) is 6.54. The first-order chi connectivity index (χ1) is 14.5. The van der Waals surface area contributed by atoms with Crippen molar-refractivity contribution in [3.63, 3.8) is 0 Å². The van der Waals surface area contributed by atoms with Crippen LogP contribution >= 0.6 is 17.0 Å². The van der Waals surface area contributed by atoms with Gasteiger partial charge >= 0.3 is 0 Å². The molecule has 0 aliphatic rings. The van der Waals surface area contributed by atoms with Crippen molar-refractivity contribution in [2.24, 2.45) is 0 Å². The zero-order chi connectivity index (χ0) is 21.3. The molecule has 2 aromatic heterocycles. The van der Waals surface area contributed by atoms with E-state index in [1.54, 1.807) is 36.4 Å². The van der Waals surface area contributed by atoms with E-state index in [0.717, 1.165) is 0 Å². The second kappa shape index (κ2) is 8.85. The molecule has 0 fully saturated rings. The molecule has 0 radical (unpaired) electrons. The van der Waals surface area contributed by atoms with Gasteiger partial charge in [-0.3, -0.25) is 14.8 Å². The zero-order valence-electron chi connectivity index (χ0n) is 15.9. The van der Waals surface area contributed by atoms with Crippen LogP contribution in [0.4, 0.5) is 0 Å². The Labute approximate surface area is 187 Å². The lowest BCUT2D eigenvalue weighted by Crippen LogP contribution is -2.10. The van der Waals surface area contributed by atoms with Gasteiger partial charge in [0.2, 0.25) is 5.78 Å². The minimum absolute atomic E-state index is 0. The number of pyridine rings is 2. The quantitative estimate of drug-likeness (QED) is 0.251. The van der Waals surface area contributed by atoms with Gasteiger partial charge in [0.15, 0.2) is 23.0 Å². The van der Waals surface area contributed by atoms with Crippen LogP contribution in [0.3, 0.4) is 0 Å². The number of phenols is 4. The molecular formula is C23H17BrN2O5. The zero-order valence-corrected chi connectivity index (χ0v) is 17.6. The van der Waals surface area contributed by atoms with Crippen LogP contribution in [-0.2, 0) is 0 Å². The standard InChI is InChI=1S/C23H16N2O5.BrH/c26-17-7-5-13(11-19(17)28)15-3-1-9-24-21(15)23(30)22-16(4-2-10-25-22)14-6-8-18(27)20(29)12-14;/h1-12,26-29H;1H. The first kappa shape index (κ1) is 21.8. The number of benzene rings is 2. The lowest BCUT2D eigenvalue weighted by molar-refractivity contribution is 0.103. The highest BCUT2D eigenvalue weighted by Gasteiger charge is 2.22. The lowest BCUT2D eigenvalue weighted by Gasteiger charge is -2.12. The molecule has 0 atom stereocenters. The minimum atomic E-state index is -0.457. The Morgan fingerprint density at radius 3 is 1.42 bits per heavy atom. The Kier molecular flexibility index (Phi) is 6.22. The lowest BCUT2D eigenvalue weighted by atomic mass is 9.96. The molecule has 0 aliphatic heterocycles. The molecule has 0 spiro atoms. The molecule has 2 aromatic carbocycles. The van der Waals surface area contributed by atoms with E-state index in [-0.39, 0.29) is 51.4 Å². The first-order valence-corrected chi connectivity index (χ1v) is 8.95. The fourth-order valence-corrected chi connectivity index (χ4v) is 3.13. The number of aromatic hydroxyl groups is 4. The summed E-state index contributed by atoms with van der Waals surface area (Å²) in [6, 6.07) is 15.2. The summed E-state index contributed by atoms with van der Waals surface area (Å²) in [7, 11) is 0. The van der Waals surface area contributed by atoms with Crippen LogP contribution in [0.25, 0.3) is 22.3 Å². The van der Waals surface area contributed by atoms with Crippen molar-refractivity contribution >= 4 is 22.8 Å². The van der Waals surface area contributed by atoms with Crippen LogP contribution in [-0.4, -0.2) is 36.2 Å². The molecule has 7 nitrogen and oxygen atoms in total. The molecule has 31 heavy (non-hydrogen) atoms. The van der Waals surface area contributed by atoms with Crippen molar-refractivity contribution in [2.45, 2.75) is 0 Å². The van der Waals surface area contributed by atoms with Crippen molar-refractivity contribution in [3.05, 3.63) is 84.4 Å². The molecule has 0 amide bonds. The third-order valence-electron chi connectivity index (χ3n) is 4.62. The fraction of sp³-hybridized carbons (Fsp3) is 0.